The van der Waals surface area contributed by atoms with Crippen molar-refractivity contribution >= 4 is 11.6 Å². The van der Waals surface area contributed by atoms with Crippen LogP contribution in [0.3, 0.4) is 0 Å². The van der Waals surface area contributed by atoms with Crippen molar-refractivity contribution in [2.24, 2.45) is 5.92 Å². The fraction of sp³-hybridized carbons (Fsp3) is 0.545. The van der Waals surface area contributed by atoms with Crippen LogP contribution in [0.2, 0.25) is 5.02 Å². The second-order valence-corrected chi connectivity index (χ2v) is 4.56. The van der Waals surface area contributed by atoms with Crippen LogP contribution in [-0.4, -0.2) is 4.98 Å². The average molecular weight is 194 g/mol. The Morgan fingerprint density at radius 2 is 2.31 bits per heavy atom. The van der Waals surface area contributed by atoms with Gasteiger partial charge >= 0.3 is 0 Å². The smallest absolute Gasteiger partial charge is 0.0474 e. The summed E-state index contributed by atoms with van der Waals surface area (Å²) in [6, 6.07) is 1.93. The van der Waals surface area contributed by atoms with Crippen molar-refractivity contribution in [2.45, 2.75) is 31.6 Å². The molecule has 0 saturated heterocycles. The minimum absolute atomic E-state index is 0.733. The van der Waals surface area contributed by atoms with E-state index in [2.05, 4.69) is 4.98 Å². The number of halogens is 1. The summed E-state index contributed by atoms with van der Waals surface area (Å²) in [5.41, 5.74) is 2.63. The molecule has 68 valence electrons. The van der Waals surface area contributed by atoms with Crippen LogP contribution >= 0.6 is 11.6 Å². The number of rotatable bonds is 0. The normalized spacial score (nSPS) is 30.2. The van der Waals surface area contributed by atoms with E-state index in [0.717, 1.165) is 16.9 Å². The van der Waals surface area contributed by atoms with Gasteiger partial charge in [-0.3, -0.25) is 4.98 Å². The molecule has 0 bridgehead atoms. The van der Waals surface area contributed by atoms with Crippen molar-refractivity contribution in [3.8, 4) is 0 Å². The van der Waals surface area contributed by atoms with Gasteiger partial charge in [0.25, 0.3) is 0 Å². The second-order valence-electron chi connectivity index (χ2n) is 4.15. The topological polar surface area (TPSA) is 12.9 Å². The van der Waals surface area contributed by atoms with Crippen LogP contribution in [-0.2, 0) is 6.42 Å². The summed E-state index contributed by atoms with van der Waals surface area (Å²) in [5, 5.41) is 0.944. The largest absolute Gasteiger partial charge is 0.261 e. The highest BCUT2D eigenvalue weighted by Crippen LogP contribution is 2.49. The Morgan fingerprint density at radius 1 is 1.38 bits per heavy atom. The summed E-state index contributed by atoms with van der Waals surface area (Å²) < 4.78 is 0. The van der Waals surface area contributed by atoms with E-state index in [1.807, 2.05) is 12.3 Å². The van der Waals surface area contributed by atoms with E-state index < -0.39 is 0 Å². The lowest BCUT2D eigenvalue weighted by atomic mass is 9.97. The van der Waals surface area contributed by atoms with Gasteiger partial charge in [0.2, 0.25) is 0 Å². The van der Waals surface area contributed by atoms with Gasteiger partial charge in [-0.2, -0.15) is 0 Å². The zero-order valence-corrected chi connectivity index (χ0v) is 8.22. The van der Waals surface area contributed by atoms with Crippen molar-refractivity contribution in [3.63, 3.8) is 0 Å². The Kier molecular flexibility index (Phi) is 1.63. The highest BCUT2D eigenvalue weighted by molar-refractivity contribution is 6.31. The minimum atomic E-state index is 0.733. The zero-order valence-electron chi connectivity index (χ0n) is 7.46. The van der Waals surface area contributed by atoms with Crippen molar-refractivity contribution < 1.29 is 0 Å². The average Bonchev–Trinajstić information content (AvgIpc) is 2.62. The van der Waals surface area contributed by atoms with Crippen LogP contribution in [0.25, 0.3) is 0 Å². The highest BCUT2D eigenvalue weighted by atomic mass is 35.5. The third-order valence-corrected chi connectivity index (χ3v) is 3.83. The van der Waals surface area contributed by atoms with E-state index >= 15 is 0 Å². The third kappa shape index (κ3) is 1.03. The summed E-state index contributed by atoms with van der Waals surface area (Å²) in [6.45, 7) is 0. The SMILES string of the molecule is Clc1ccnc2c1C1CCCC1C2. The van der Waals surface area contributed by atoms with Crippen LogP contribution in [0.1, 0.15) is 36.4 Å². The molecule has 1 heterocycles. The number of nitrogens with zero attached hydrogens (tertiary/aromatic N) is 1. The molecule has 1 fully saturated rings. The van der Waals surface area contributed by atoms with Gasteiger partial charge in [-0.1, -0.05) is 18.0 Å². The van der Waals surface area contributed by atoms with E-state index in [9.17, 15) is 0 Å². The Morgan fingerprint density at radius 3 is 3.23 bits per heavy atom. The Bertz CT molecular complexity index is 348. The van der Waals surface area contributed by atoms with Gasteiger partial charge in [0.1, 0.15) is 0 Å². The molecular weight excluding hydrogens is 182 g/mol. The van der Waals surface area contributed by atoms with Crippen LogP contribution in [0.4, 0.5) is 0 Å². The first-order valence-electron chi connectivity index (χ1n) is 4.99. The maximum atomic E-state index is 6.20. The van der Waals surface area contributed by atoms with Gasteiger partial charge in [0.15, 0.2) is 0 Å². The van der Waals surface area contributed by atoms with Gasteiger partial charge in [0, 0.05) is 16.9 Å². The van der Waals surface area contributed by atoms with Gasteiger partial charge in [-0.25, -0.2) is 0 Å². The van der Waals surface area contributed by atoms with Gasteiger partial charge in [0.05, 0.1) is 0 Å². The predicted molar refractivity (Wildman–Crippen MR) is 53.0 cm³/mol. The molecular formula is C11H12ClN. The molecule has 0 spiro atoms. The summed E-state index contributed by atoms with van der Waals surface area (Å²) in [7, 11) is 0. The first-order valence-corrected chi connectivity index (χ1v) is 5.37. The van der Waals surface area contributed by atoms with Crippen molar-refractivity contribution in [3.05, 3.63) is 28.5 Å². The number of fused-ring (bicyclic) bond motifs is 3. The Labute approximate surface area is 83.1 Å². The minimum Gasteiger partial charge on any atom is -0.261 e. The summed E-state index contributed by atoms with van der Waals surface area (Å²) in [6.07, 6.45) is 7.07. The molecule has 0 amide bonds. The molecule has 0 aliphatic heterocycles. The molecule has 1 aromatic heterocycles. The Balaban J connectivity index is 2.14. The predicted octanol–water partition coefficient (Wildman–Crippen LogP) is 3.17. The van der Waals surface area contributed by atoms with Gasteiger partial charge in [-0.15, -0.1) is 0 Å². The molecule has 1 aromatic rings. The van der Waals surface area contributed by atoms with Crippen LogP contribution in [0, 0.1) is 5.92 Å². The highest BCUT2D eigenvalue weighted by Gasteiger charge is 2.37. The van der Waals surface area contributed by atoms with E-state index in [-0.39, 0.29) is 0 Å². The lowest BCUT2D eigenvalue weighted by molar-refractivity contribution is 0.525. The first-order chi connectivity index (χ1) is 6.36. The molecule has 2 atom stereocenters. The monoisotopic (exact) mass is 193 g/mol. The molecule has 0 radical (unpaired) electrons. The lowest BCUT2D eigenvalue weighted by Crippen LogP contribution is -1.97. The molecule has 0 N–H and O–H groups in total. The number of aromatic nitrogens is 1. The molecule has 0 aromatic carbocycles. The van der Waals surface area contributed by atoms with E-state index in [1.54, 1.807) is 0 Å². The third-order valence-electron chi connectivity index (χ3n) is 3.50. The maximum absolute atomic E-state index is 6.20. The molecule has 2 unspecified atom stereocenters. The van der Waals surface area contributed by atoms with Crippen LogP contribution in [0.15, 0.2) is 12.3 Å². The standard InChI is InChI=1S/C11H12ClN/c12-9-4-5-13-10-6-7-2-1-3-8(7)11(9)10/h4-5,7-8H,1-3,6H2. The molecule has 1 nitrogen and oxygen atoms in total. The number of hydrogen-bond donors (Lipinski definition) is 0. The zero-order chi connectivity index (χ0) is 8.84. The Hall–Kier alpha value is -0.560. The molecule has 2 heteroatoms. The fourth-order valence-corrected chi connectivity index (χ4v) is 3.26. The summed E-state index contributed by atoms with van der Waals surface area (Å²) in [5.74, 6) is 1.58. The van der Waals surface area contributed by atoms with E-state index in [4.69, 9.17) is 11.6 Å². The van der Waals surface area contributed by atoms with Gasteiger partial charge < -0.3 is 0 Å². The molecule has 2 aliphatic rings. The molecule has 13 heavy (non-hydrogen) atoms. The number of pyridine rings is 1. The quantitative estimate of drug-likeness (QED) is 0.617. The molecule has 3 rings (SSSR count). The lowest BCUT2D eigenvalue weighted by Gasteiger charge is -2.09. The number of hydrogen-bond acceptors (Lipinski definition) is 1. The van der Waals surface area contributed by atoms with E-state index in [1.165, 1.54) is 36.9 Å². The second kappa shape index (κ2) is 2.71. The first kappa shape index (κ1) is 7.81. The van der Waals surface area contributed by atoms with E-state index in [0.29, 0.717) is 0 Å². The van der Waals surface area contributed by atoms with Crippen LogP contribution in [0.5, 0.6) is 0 Å². The van der Waals surface area contributed by atoms with Crippen molar-refractivity contribution in [1.29, 1.82) is 0 Å². The van der Waals surface area contributed by atoms with Crippen molar-refractivity contribution in [1.82, 2.24) is 4.98 Å². The van der Waals surface area contributed by atoms with Crippen molar-refractivity contribution in [2.75, 3.05) is 0 Å². The maximum Gasteiger partial charge on any atom is 0.0474 e. The molecule has 1 saturated carbocycles. The fourth-order valence-electron chi connectivity index (χ4n) is 2.95. The summed E-state index contributed by atoms with van der Waals surface area (Å²) >= 11 is 6.20. The molecule has 2 aliphatic carbocycles. The van der Waals surface area contributed by atoms with Crippen LogP contribution < -0.4 is 0 Å². The summed E-state index contributed by atoms with van der Waals surface area (Å²) in [4.78, 5) is 4.42. The van der Waals surface area contributed by atoms with Gasteiger partial charge in [-0.05, 0) is 42.7 Å².